The Hall–Kier alpha value is -2.74. The fourth-order valence-corrected chi connectivity index (χ4v) is 2.47. The second-order valence-electron chi connectivity index (χ2n) is 5.56. The highest BCUT2D eigenvalue weighted by atomic mass is 16.7. The number of likely N-dealkylation sites (N-methyl/N-ethyl adjacent to an activating group) is 1. The van der Waals surface area contributed by atoms with Gasteiger partial charge in [-0.25, -0.2) is 0 Å². The Bertz CT molecular complexity index is 671. The number of nitrogens with one attached hydrogen (secondary N) is 2. The van der Waals surface area contributed by atoms with Gasteiger partial charge < -0.3 is 29.7 Å². The number of ether oxygens (including phenoxy) is 3. The van der Waals surface area contributed by atoms with Crippen molar-refractivity contribution >= 4 is 17.5 Å². The van der Waals surface area contributed by atoms with Crippen molar-refractivity contribution in [1.82, 2.24) is 10.2 Å². The first-order valence-corrected chi connectivity index (χ1v) is 8.53. The molecule has 1 aromatic rings. The highest BCUT2D eigenvalue weighted by molar-refractivity contribution is 6.03. The number of rotatable bonds is 9. The normalized spacial score (nSPS) is 12.8. The molecule has 1 aliphatic rings. The molecule has 1 aromatic carbocycles. The van der Waals surface area contributed by atoms with Crippen molar-refractivity contribution in [1.29, 1.82) is 0 Å². The Kier molecular flexibility index (Phi) is 7.28. The van der Waals surface area contributed by atoms with Gasteiger partial charge in [0.05, 0.1) is 12.7 Å². The first kappa shape index (κ1) is 19.6. The summed E-state index contributed by atoms with van der Waals surface area (Å²) in [4.78, 5) is 26.6. The molecule has 0 atom stereocenters. The molecule has 0 aromatic heterocycles. The zero-order valence-electron chi connectivity index (χ0n) is 15.3. The fourth-order valence-electron chi connectivity index (χ4n) is 2.47. The lowest BCUT2D eigenvalue weighted by molar-refractivity contribution is -0.116. The SMILES string of the molecule is CCN(CC)CCNC(=O)c1ccc(NC(=O)C2=COCO2)cc1OC. The van der Waals surface area contributed by atoms with Gasteiger partial charge in [-0.15, -0.1) is 0 Å². The van der Waals surface area contributed by atoms with Crippen molar-refractivity contribution in [3.8, 4) is 5.75 Å². The lowest BCUT2D eigenvalue weighted by Crippen LogP contribution is -2.34. The van der Waals surface area contributed by atoms with E-state index < -0.39 is 5.91 Å². The van der Waals surface area contributed by atoms with E-state index in [1.807, 2.05) is 0 Å². The minimum atomic E-state index is -0.430. The highest BCUT2D eigenvalue weighted by Crippen LogP contribution is 2.24. The number of carbonyl (C=O) groups excluding carboxylic acids is 2. The third kappa shape index (κ3) is 5.13. The molecule has 0 spiro atoms. The van der Waals surface area contributed by atoms with Crippen molar-refractivity contribution in [2.24, 2.45) is 0 Å². The van der Waals surface area contributed by atoms with Gasteiger partial charge in [0.1, 0.15) is 12.0 Å². The van der Waals surface area contributed by atoms with Crippen LogP contribution in [0.5, 0.6) is 5.75 Å². The quantitative estimate of drug-likeness (QED) is 0.692. The molecule has 0 saturated carbocycles. The van der Waals surface area contributed by atoms with Crippen LogP contribution in [0.25, 0.3) is 0 Å². The number of anilines is 1. The van der Waals surface area contributed by atoms with E-state index in [1.54, 1.807) is 18.2 Å². The predicted octanol–water partition coefficient (Wildman–Crippen LogP) is 1.55. The molecule has 0 bridgehead atoms. The zero-order chi connectivity index (χ0) is 18.9. The predicted molar refractivity (Wildman–Crippen MR) is 96.9 cm³/mol. The summed E-state index contributed by atoms with van der Waals surface area (Å²) in [6.45, 7) is 7.41. The highest BCUT2D eigenvalue weighted by Gasteiger charge is 2.18. The Balaban J connectivity index is 1.98. The first-order chi connectivity index (χ1) is 12.6. The van der Waals surface area contributed by atoms with Crippen LogP contribution in [-0.4, -0.2) is 56.8 Å². The van der Waals surface area contributed by atoms with E-state index in [1.165, 1.54) is 13.4 Å². The van der Waals surface area contributed by atoms with Crippen molar-refractivity contribution in [3.05, 3.63) is 35.8 Å². The standard InChI is InChI=1S/C18H25N3O5/c1-4-21(5-2)9-8-19-17(22)14-7-6-13(10-15(14)24-3)20-18(23)16-11-25-12-26-16/h6-7,10-11H,4-5,8-9,12H2,1-3H3,(H,19,22)(H,20,23). The van der Waals surface area contributed by atoms with Gasteiger partial charge in [-0.3, -0.25) is 9.59 Å². The molecule has 2 rings (SSSR count). The van der Waals surface area contributed by atoms with E-state index in [9.17, 15) is 9.59 Å². The van der Waals surface area contributed by atoms with Crippen molar-refractivity contribution in [3.63, 3.8) is 0 Å². The smallest absolute Gasteiger partial charge is 0.294 e. The molecule has 0 aliphatic carbocycles. The number of nitrogens with zero attached hydrogens (tertiary/aromatic N) is 1. The molecule has 0 fully saturated rings. The van der Waals surface area contributed by atoms with Gasteiger partial charge in [-0.05, 0) is 25.2 Å². The summed E-state index contributed by atoms with van der Waals surface area (Å²) >= 11 is 0. The Morgan fingerprint density at radius 1 is 1.23 bits per heavy atom. The first-order valence-electron chi connectivity index (χ1n) is 8.53. The second-order valence-corrected chi connectivity index (χ2v) is 5.56. The van der Waals surface area contributed by atoms with Crippen LogP contribution in [0.4, 0.5) is 5.69 Å². The lowest BCUT2D eigenvalue weighted by Gasteiger charge is -2.18. The molecular formula is C18H25N3O5. The van der Waals surface area contributed by atoms with Crippen LogP contribution in [-0.2, 0) is 14.3 Å². The number of benzene rings is 1. The maximum absolute atomic E-state index is 12.4. The van der Waals surface area contributed by atoms with Crippen LogP contribution in [0.2, 0.25) is 0 Å². The molecule has 0 radical (unpaired) electrons. The Morgan fingerprint density at radius 2 is 2.00 bits per heavy atom. The largest absolute Gasteiger partial charge is 0.496 e. The molecule has 142 valence electrons. The summed E-state index contributed by atoms with van der Waals surface area (Å²) in [7, 11) is 1.48. The van der Waals surface area contributed by atoms with Gasteiger partial charge >= 0.3 is 0 Å². The van der Waals surface area contributed by atoms with E-state index in [0.717, 1.165) is 19.6 Å². The van der Waals surface area contributed by atoms with Crippen LogP contribution in [0.1, 0.15) is 24.2 Å². The van der Waals surface area contributed by atoms with Gasteiger partial charge in [0, 0.05) is 24.8 Å². The molecule has 2 amide bonds. The summed E-state index contributed by atoms with van der Waals surface area (Å²) in [6.07, 6.45) is 1.25. The molecule has 26 heavy (non-hydrogen) atoms. The third-order valence-corrected chi connectivity index (χ3v) is 4.01. The summed E-state index contributed by atoms with van der Waals surface area (Å²) in [5.41, 5.74) is 0.896. The topological polar surface area (TPSA) is 89.1 Å². The average Bonchev–Trinajstić information content (AvgIpc) is 3.20. The molecule has 8 nitrogen and oxygen atoms in total. The second kappa shape index (κ2) is 9.67. The van der Waals surface area contributed by atoms with Gasteiger partial charge in [0.25, 0.3) is 11.8 Å². The van der Waals surface area contributed by atoms with E-state index in [-0.39, 0.29) is 18.5 Å². The minimum Gasteiger partial charge on any atom is -0.496 e. The van der Waals surface area contributed by atoms with Crippen LogP contribution in [0.15, 0.2) is 30.2 Å². The van der Waals surface area contributed by atoms with Crippen LogP contribution in [0, 0.1) is 0 Å². The minimum absolute atomic E-state index is 0.0265. The number of carbonyl (C=O) groups is 2. The maximum atomic E-state index is 12.4. The van der Waals surface area contributed by atoms with Gasteiger partial charge in [-0.2, -0.15) is 0 Å². The molecule has 0 unspecified atom stereocenters. The number of hydrogen-bond donors (Lipinski definition) is 2. The Labute approximate surface area is 153 Å². The van der Waals surface area contributed by atoms with Gasteiger partial charge in [-0.1, -0.05) is 13.8 Å². The molecule has 0 saturated heterocycles. The number of methoxy groups -OCH3 is 1. The average molecular weight is 363 g/mol. The molecular weight excluding hydrogens is 338 g/mol. The molecule has 1 heterocycles. The molecule has 2 N–H and O–H groups in total. The summed E-state index contributed by atoms with van der Waals surface area (Å²) in [6, 6.07) is 4.84. The van der Waals surface area contributed by atoms with E-state index in [2.05, 4.69) is 29.4 Å². The van der Waals surface area contributed by atoms with E-state index >= 15 is 0 Å². The van der Waals surface area contributed by atoms with Crippen molar-refractivity contribution in [2.45, 2.75) is 13.8 Å². The monoisotopic (exact) mass is 363 g/mol. The van der Waals surface area contributed by atoms with Crippen LogP contribution < -0.4 is 15.4 Å². The lowest BCUT2D eigenvalue weighted by atomic mass is 10.1. The van der Waals surface area contributed by atoms with E-state index in [0.29, 0.717) is 23.5 Å². The van der Waals surface area contributed by atoms with Gasteiger partial charge in [0.15, 0.2) is 0 Å². The summed E-state index contributed by atoms with van der Waals surface area (Å²) < 4.78 is 15.2. The zero-order valence-corrected chi connectivity index (χ0v) is 15.3. The number of hydrogen-bond acceptors (Lipinski definition) is 6. The van der Waals surface area contributed by atoms with Crippen molar-refractivity contribution < 1.29 is 23.8 Å². The van der Waals surface area contributed by atoms with Crippen molar-refractivity contribution in [2.75, 3.05) is 45.4 Å². The number of amides is 2. The summed E-state index contributed by atoms with van der Waals surface area (Å²) in [5, 5.41) is 5.55. The van der Waals surface area contributed by atoms with E-state index in [4.69, 9.17) is 14.2 Å². The Morgan fingerprint density at radius 3 is 2.62 bits per heavy atom. The summed E-state index contributed by atoms with van der Waals surface area (Å²) in [5.74, 6) is -0.175. The fraction of sp³-hybridized carbons (Fsp3) is 0.444. The molecule has 8 heteroatoms. The van der Waals surface area contributed by atoms with Gasteiger partial charge in [0.2, 0.25) is 12.6 Å². The van der Waals surface area contributed by atoms with Crippen LogP contribution >= 0.6 is 0 Å². The third-order valence-electron chi connectivity index (χ3n) is 4.01. The van der Waals surface area contributed by atoms with Crippen LogP contribution in [0.3, 0.4) is 0 Å². The maximum Gasteiger partial charge on any atom is 0.294 e. The molecule has 1 aliphatic heterocycles.